The summed E-state index contributed by atoms with van der Waals surface area (Å²) in [4.78, 5) is 4.48. The predicted molar refractivity (Wildman–Crippen MR) is 78.0 cm³/mol. The second-order valence-electron chi connectivity index (χ2n) is 5.50. The van der Waals surface area contributed by atoms with Crippen molar-refractivity contribution in [3.63, 3.8) is 0 Å². The van der Waals surface area contributed by atoms with Gasteiger partial charge in [0, 0.05) is 11.1 Å². The number of hydrogen-bond donors (Lipinski definition) is 1. The quantitative estimate of drug-likeness (QED) is 0.924. The summed E-state index contributed by atoms with van der Waals surface area (Å²) in [5, 5.41) is 0. The van der Waals surface area contributed by atoms with Crippen LogP contribution in [0.2, 0.25) is 0 Å². The molecule has 2 heterocycles. The van der Waals surface area contributed by atoms with Crippen molar-refractivity contribution in [2.75, 3.05) is 12.3 Å². The summed E-state index contributed by atoms with van der Waals surface area (Å²) in [7, 11) is 0. The lowest BCUT2D eigenvalue weighted by Gasteiger charge is -2.21. The first-order valence-corrected chi connectivity index (χ1v) is 7.58. The van der Waals surface area contributed by atoms with Crippen molar-refractivity contribution >= 4 is 32.9 Å². The maximum atomic E-state index is 6.15. The molecule has 1 aromatic carbocycles. The largest absolute Gasteiger partial charge is 0.376 e. The summed E-state index contributed by atoms with van der Waals surface area (Å²) in [6.45, 7) is 0.832. The Morgan fingerprint density at radius 1 is 1.32 bits per heavy atom. The van der Waals surface area contributed by atoms with Crippen LogP contribution in [0.3, 0.4) is 0 Å². The van der Waals surface area contributed by atoms with Crippen LogP contribution in [0.1, 0.15) is 25.3 Å². The molecule has 1 aliphatic heterocycles. The van der Waals surface area contributed by atoms with Gasteiger partial charge in [0.25, 0.3) is 0 Å². The molecule has 0 radical (unpaired) electrons. The van der Waals surface area contributed by atoms with Crippen molar-refractivity contribution in [2.24, 2.45) is 5.92 Å². The zero-order valence-corrected chi connectivity index (χ0v) is 12.1. The van der Waals surface area contributed by atoms with E-state index in [0.717, 1.165) is 34.5 Å². The average molecular weight is 322 g/mol. The van der Waals surface area contributed by atoms with E-state index in [4.69, 9.17) is 10.5 Å². The summed E-state index contributed by atoms with van der Waals surface area (Å²) in [5.74, 6) is 1.32. The number of ether oxygens (including phenoxy) is 1. The van der Waals surface area contributed by atoms with Gasteiger partial charge in [0.2, 0.25) is 5.95 Å². The summed E-state index contributed by atoms with van der Waals surface area (Å²) in [6.07, 6.45) is 3.93. The summed E-state index contributed by atoms with van der Waals surface area (Å²) >= 11 is 3.53. The van der Waals surface area contributed by atoms with E-state index >= 15 is 0 Å². The summed E-state index contributed by atoms with van der Waals surface area (Å²) < 4.78 is 9.17. The first-order chi connectivity index (χ1) is 9.24. The van der Waals surface area contributed by atoms with Gasteiger partial charge in [0.1, 0.15) is 0 Å². The lowest BCUT2D eigenvalue weighted by Crippen LogP contribution is -2.23. The summed E-state index contributed by atoms with van der Waals surface area (Å²) in [6, 6.07) is 6.45. The zero-order chi connectivity index (χ0) is 13.0. The highest BCUT2D eigenvalue weighted by atomic mass is 79.9. The van der Waals surface area contributed by atoms with Gasteiger partial charge in [-0.3, -0.25) is 0 Å². The normalized spacial score (nSPS) is 27.2. The predicted octanol–water partition coefficient (Wildman–Crippen LogP) is 3.12. The van der Waals surface area contributed by atoms with Gasteiger partial charge in [-0.1, -0.05) is 15.9 Å². The number of aromatic nitrogens is 2. The molecule has 2 unspecified atom stereocenters. The van der Waals surface area contributed by atoms with Crippen molar-refractivity contribution in [3.8, 4) is 0 Å². The fourth-order valence-corrected chi connectivity index (χ4v) is 3.53. The molecule has 5 heteroatoms. The minimum atomic E-state index is 0.318. The molecular weight excluding hydrogens is 306 g/mol. The van der Waals surface area contributed by atoms with Crippen molar-refractivity contribution in [1.82, 2.24) is 9.55 Å². The van der Waals surface area contributed by atoms with Gasteiger partial charge in [-0.25, -0.2) is 4.98 Å². The number of anilines is 1. The molecule has 1 saturated carbocycles. The van der Waals surface area contributed by atoms with Crippen molar-refractivity contribution in [3.05, 3.63) is 22.7 Å². The summed E-state index contributed by atoms with van der Waals surface area (Å²) in [5.41, 5.74) is 8.21. The van der Waals surface area contributed by atoms with Gasteiger partial charge >= 0.3 is 0 Å². The fraction of sp³-hybridized carbons (Fsp3) is 0.500. The molecule has 0 spiro atoms. The van der Waals surface area contributed by atoms with Gasteiger partial charge in [-0.2, -0.15) is 0 Å². The molecule has 0 amide bonds. The topological polar surface area (TPSA) is 53.1 Å². The molecule has 2 aliphatic rings. The highest BCUT2D eigenvalue weighted by molar-refractivity contribution is 9.10. The number of halogens is 1. The monoisotopic (exact) mass is 321 g/mol. The number of benzene rings is 1. The molecule has 2 aromatic rings. The third-order valence-electron chi connectivity index (χ3n) is 4.20. The van der Waals surface area contributed by atoms with Crippen LogP contribution in [-0.2, 0) is 4.74 Å². The zero-order valence-electron chi connectivity index (χ0n) is 10.6. The first kappa shape index (κ1) is 11.7. The number of nitrogens with zero attached hydrogens (tertiary/aromatic N) is 2. The molecule has 2 atom stereocenters. The molecule has 4 nitrogen and oxygen atoms in total. The smallest absolute Gasteiger partial charge is 0.201 e. The lowest BCUT2D eigenvalue weighted by atomic mass is 10.1. The molecule has 4 rings (SSSR count). The second kappa shape index (κ2) is 4.21. The molecular formula is C14H16BrN3O. The Morgan fingerprint density at radius 3 is 2.95 bits per heavy atom. The van der Waals surface area contributed by atoms with Crippen LogP contribution in [0.5, 0.6) is 0 Å². The van der Waals surface area contributed by atoms with E-state index in [9.17, 15) is 0 Å². The van der Waals surface area contributed by atoms with E-state index in [0.29, 0.717) is 18.1 Å². The molecule has 1 aliphatic carbocycles. The highest BCUT2D eigenvalue weighted by Gasteiger charge is 2.42. The van der Waals surface area contributed by atoms with E-state index in [1.165, 1.54) is 12.8 Å². The first-order valence-electron chi connectivity index (χ1n) is 6.78. The lowest BCUT2D eigenvalue weighted by molar-refractivity contribution is 0.0762. The van der Waals surface area contributed by atoms with Crippen molar-refractivity contribution in [1.29, 1.82) is 0 Å². The van der Waals surface area contributed by atoms with Crippen LogP contribution in [0.25, 0.3) is 11.0 Å². The maximum Gasteiger partial charge on any atom is 0.201 e. The van der Waals surface area contributed by atoms with E-state index in [-0.39, 0.29) is 0 Å². The highest BCUT2D eigenvalue weighted by Crippen LogP contribution is 2.45. The van der Waals surface area contributed by atoms with E-state index < -0.39 is 0 Å². The van der Waals surface area contributed by atoms with Gasteiger partial charge in [-0.15, -0.1) is 0 Å². The molecule has 2 fully saturated rings. The third-order valence-corrected chi connectivity index (χ3v) is 4.69. The van der Waals surface area contributed by atoms with Gasteiger partial charge in [0.15, 0.2) is 0 Å². The van der Waals surface area contributed by atoms with Crippen LogP contribution >= 0.6 is 15.9 Å². The number of hydrogen-bond acceptors (Lipinski definition) is 3. The molecule has 1 saturated heterocycles. The molecule has 2 N–H and O–H groups in total. The Hall–Kier alpha value is -1.07. The third kappa shape index (κ3) is 1.87. The van der Waals surface area contributed by atoms with Crippen LogP contribution in [0, 0.1) is 5.92 Å². The number of rotatable bonds is 2. The molecule has 0 bridgehead atoms. The van der Waals surface area contributed by atoms with Gasteiger partial charge in [-0.05, 0) is 43.4 Å². The van der Waals surface area contributed by atoms with E-state index in [1.807, 2.05) is 12.1 Å². The van der Waals surface area contributed by atoms with E-state index in [1.54, 1.807) is 0 Å². The van der Waals surface area contributed by atoms with Crippen molar-refractivity contribution < 1.29 is 4.74 Å². The maximum absolute atomic E-state index is 6.15. The number of nitrogens with two attached hydrogens (primary N) is 1. The molecule has 100 valence electrons. The molecule has 1 aromatic heterocycles. The standard InChI is InChI=1S/C14H16BrN3O/c15-9-3-4-10-12(7-9)18(14(16)17-10)11-5-6-19-13(11)8-1-2-8/h3-4,7-8,11,13H,1-2,5-6H2,(H2,16,17). The van der Waals surface area contributed by atoms with Crippen LogP contribution in [0.4, 0.5) is 5.95 Å². The Kier molecular flexibility index (Phi) is 2.60. The van der Waals surface area contributed by atoms with Crippen molar-refractivity contribution in [2.45, 2.75) is 31.4 Å². The van der Waals surface area contributed by atoms with Crippen LogP contribution in [-0.4, -0.2) is 22.3 Å². The molecule has 19 heavy (non-hydrogen) atoms. The van der Waals surface area contributed by atoms with Gasteiger partial charge < -0.3 is 15.0 Å². The Bertz CT molecular complexity index is 635. The number of fused-ring (bicyclic) bond motifs is 1. The van der Waals surface area contributed by atoms with E-state index in [2.05, 4.69) is 31.5 Å². The Balaban J connectivity index is 1.84. The number of nitrogen functional groups attached to an aromatic ring is 1. The van der Waals surface area contributed by atoms with Crippen LogP contribution < -0.4 is 5.73 Å². The van der Waals surface area contributed by atoms with Crippen LogP contribution in [0.15, 0.2) is 22.7 Å². The van der Waals surface area contributed by atoms with Gasteiger partial charge in [0.05, 0.1) is 23.2 Å². The second-order valence-corrected chi connectivity index (χ2v) is 6.42. The number of imidazole rings is 1. The average Bonchev–Trinajstić information content (AvgIpc) is 3.03. The SMILES string of the molecule is Nc1nc2ccc(Br)cc2n1C1CCOC1C1CC1. The minimum Gasteiger partial charge on any atom is -0.376 e. The Morgan fingerprint density at radius 2 is 2.16 bits per heavy atom. The Labute approximate surface area is 120 Å². The fourth-order valence-electron chi connectivity index (χ4n) is 3.18. The minimum absolute atomic E-state index is 0.318.